The molecule has 2 aromatic rings. The van der Waals surface area contributed by atoms with E-state index in [2.05, 4.69) is 10.5 Å². The number of aromatic nitrogens is 1. The molecule has 0 saturated carbocycles. The fourth-order valence-corrected chi connectivity index (χ4v) is 2.81. The first-order chi connectivity index (χ1) is 10.7. The minimum absolute atomic E-state index is 0.0416. The van der Waals surface area contributed by atoms with Crippen molar-refractivity contribution in [1.82, 2.24) is 10.1 Å². The molecule has 2 heterocycles. The number of aryl methyl sites for hydroxylation is 1. The Morgan fingerprint density at radius 1 is 1.45 bits per heavy atom. The maximum Gasteiger partial charge on any atom is 0.322 e. The number of hydrogen-bond donors (Lipinski definition) is 1. The summed E-state index contributed by atoms with van der Waals surface area (Å²) in [6, 6.07) is 8.85. The number of likely N-dealkylation sites (tertiary alicyclic amines) is 1. The van der Waals surface area contributed by atoms with Crippen LogP contribution in [-0.2, 0) is 6.42 Å². The smallest absolute Gasteiger partial charge is 0.322 e. The van der Waals surface area contributed by atoms with E-state index >= 15 is 0 Å². The Balaban J connectivity index is 1.72. The van der Waals surface area contributed by atoms with E-state index in [0.29, 0.717) is 11.6 Å². The van der Waals surface area contributed by atoms with Crippen LogP contribution in [0, 0.1) is 0 Å². The van der Waals surface area contributed by atoms with E-state index in [9.17, 15) is 4.79 Å². The summed E-state index contributed by atoms with van der Waals surface area (Å²) < 4.78 is 5.40. The average Bonchev–Trinajstić information content (AvgIpc) is 3.17. The average molecular weight is 320 g/mol. The molecule has 116 valence electrons. The number of halogens is 1. The highest BCUT2D eigenvalue weighted by atomic mass is 35.5. The molecule has 0 spiro atoms. The van der Waals surface area contributed by atoms with Gasteiger partial charge in [0, 0.05) is 23.3 Å². The predicted octanol–water partition coefficient (Wildman–Crippen LogP) is 4.26. The maximum atomic E-state index is 12.5. The second kappa shape index (κ2) is 6.40. The van der Waals surface area contributed by atoms with Gasteiger partial charge in [0.1, 0.15) is 0 Å². The minimum Gasteiger partial charge on any atom is -0.359 e. The van der Waals surface area contributed by atoms with Crippen LogP contribution < -0.4 is 5.32 Å². The van der Waals surface area contributed by atoms with Gasteiger partial charge in [-0.15, -0.1) is 0 Å². The third-order valence-corrected chi connectivity index (χ3v) is 4.13. The first-order valence-corrected chi connectivity index (χ1v) is 7.84. The number of amides is 2. The number of rotatable bonds is 3. The number of carbonyl (C=O) groups is 1. The monoisotopic (exact) mass is 319 g/mol. The molecule has 2 amide bonds. The van der Waals surface area contributed by atoms with Gasteiger partial charge in [-0.05, 0) is 43.5 Å². The predicted molar refractivity (Wildman–Crippen MR) is 85.0 cm³/mol. The third-order valence-electron chi connectivity index (χ3n) is 3.88. The van der Waals surface area contributed by atoms with Gasteiger partial charge in [-0.1, -0.05) is 23.7 Å². The van der Waals surface area contributed by atoms with Crippen molar-refractivity contribution < 1.29 is 9.32 Å². The molecule has 6 heteroatoms. The Hall–Kier alpha value is -2.01. The van der Waals surface area contributed by atoms with Crippen LogP contribution in [0.5, 0.6) is 0 Å². The molecule has 1 N–H and O–H groups in total. The van der Waals surface area contributed by atoms with E-state index in [0.717, 1.165) is 36.4 Å². The van der Waals surface area contributed by atoms with Crippen molar-refractivity contribution in [3.8, 4) is 0 Å². The molecule has 1 atom stereocenters. The lowest BCUT2D eigenvalue weighted by molar-refractivity contribution is 0.195. The van der Waals surface area contributed by atoms with Crippen molar-refractivity contribution >= 4 is 23.3 Å². The number of nitrogens with zero attached hydrogens (tertiary/aromatic N) is 2. The van der Waals surface area contributed by atoms with Crippen molar-refractivity contribution in [1.29, 1.82) is 0 Å². The van der Waals surface area contributed by atoms with Gasteiger partial charge < -0.3 is 14.7 Å². The van der Waals surface area contributed by atoms with Gasteiger partial charge in [0.2, 0.25) is 0 Å². The fourth-order valence-electron chi connectivity index (χ4n) is 2.69. The van der Waals surface area contributed by atoms with E-state index in [1.165, 1.54) is 0 Å². The van der Waals surface area contributed by atoms with Gasteiger partial charge in [-0.3, -0.25) is 0 Å². The third kappa shape index (κ3) is 3.09. The molecular weight excluding hydrogens is 302 g/mol. The number of hydrogen-bond acceptors (Lipinski definition) is 3. The molecule has 3 rings (SSSR count). The summed E-state index contributed by atoms with van der Waals surface area (Å²) >= 11 is 5.85. The first kappa shape index (κ1) is 14.9. The van der Waals surface area contributed by atoms with Gasteiger partial charge in [0.25, 0.3) is 0 Å². The Morgan fingerprint density at radius 3 is 2.91 bits per heavy atom. The Morgan fingerprint density at radius 2 is 2.23 bits per heavy atom. The largest absolute Gasteiger partial charge is 0.359 e. The minimum atomic E-state index is -0.126. The van der Waals surface area contributed by atoms with Crippen LogP contribution in [0.25, 0.3) is 0 Å². The number of benzene rings is 1. The highest BCUT2D eigenvalue weighted by Crippen LogP contribution is 2.32. The molecule has 1 saturated heterocycles. The van der Waals surface area contributed by atoms with Crippen molar-refractivity contribution in [2.45, 2.75) is 32.2 Å². The molecule has 0 unspecified atom stereocenters. The van der Waals surface area contributed by atoms with Crippen LogP contribution in [0.3, 0.4) is 0 Å². The summed E-state index contributed by atoms with van der Waals surface area (Å²) in [7, 11) is 0. The molecular formula is C16H18ClN3O2. The van der Waals surface area contributed by atoms with Gasteiger partial charge in [0.05, 0.1) is 11.7 Å². The summed E-state index contributed by atoms with van der Waals surface area (Å²) in [6.45, 7) is 2.74. The number of nitrogens with one attached hydrogen (secondary N) is 1. The Labute approximate surface area is 134 Å². The second-order valence-electron chi connectivity index (χ2n) is 5.36. The summed E-state index contributed by atoms with van der Waals surface area (Å²) in [5, 5.41) is 7.56. The van der Waals surface area contributed by atoms with Gasteiger partial charge in [0.15, 0.2) is 5.76 Å². The van der Waals surface area contributed by atoms with Gasteiger partial charge >= 0.3 is 6.03 Å². The van der Waals surface area contributed by atoms with Crippen molar-refractivity contribution in [3.05, 3.63) is 46.8 Å². The topological polar surface area (TPSA) is 58.4 Å². The summed E-state index contributed by atoms with van der Waals surface area (Å²) in [5.41, 5.74) is 1.65. The highest BCUT2D eigenvalue weighted by Gasteiger charge is 2.32. The molecule has 0 aliphatic carbocycles. The lowest BCUT2D eigenvalue weighted by Crippen LogP contribution is -2.34. The second-order valence-corrected chi connectivity index (χ2v) is 5.80. The zero-order valence-corrected chi connectivity index (χ0v) is 13.1. The molecule has 22 heavy (non-hydrogen) atoms. The van der Waals surface area contributed by atoms with E-state index in [4.69, 9.17) is 16.1 Å². The Bertz CT molecular complexity index is 654. The number of carbonyl (C=O) groups excluding carboxylic acids is 1. The van der Waals surface area contributed by atoms with Gasteiger partial charge in [-0.25, -0.2) is 4.79 Å². The molecule has 1 aromatic carbocycles. The van der Waals surface area contributed by atoms with E-state index in [1.54, 1.807) is 29.2 Å². The molecule has 1 fully saturated rings. The molecule has 5 nitrogen and oxygen atoms in total. The quantitative estimate of drug-likeness (QED) is 0.919. The van der Waals surface area contributed by atoms with Crippen molar-refractivity contribution in [2.24, 2.45) is 0 Å². The molecule has 0 radical (unpaired) electrons. The summed E-state index contributed by atoms with van der Waals surface area (Å²) in [4.78, 5) is 14.3. The van der Waals surface area contributed by atoms with Crippen LogP contribution >= 0.6 is 11.6 Å². The zero-order chi connectivity index (χ0) is 15.5. The van der Waals surface area contributed by atoms with Crippen molar-refractivity contribution in [2.75, 3.05) is 11.9 Å². The van der Waals surface area contributed by atoms with E-state index in [1.807, 2.05) is 13.0 Å². The standard InChI is InChI=1S/C16H18ClN3O2/c1-2-12-10-15(22-19-12)14-4-3-9-20(14)16(21)18-13-7-5-11(17)6-8-13/h5-8,10,14H,2-4,9H2,1H3,(H,18,21)/t14-/m1/s1. The molecule has 0 bridgehead atoms. The van der Waals surface area contributed by atoms with Gasteiger partial charge in [-0.2, -0.15) is 0 Å². The number of urea groups is 1. The molecule has 1 aliphatic rings. The van der Waals surface area contributed by atoms with Crippen LogP contribution in [0.2, 0.25) is 5.02 Å². The lowest BCUT2D eigenvalue weighted by Gasteiger charge is -2.23. The highest BCUT2D eigenvalue weighted by molar-refractivity contribution is 6.30. The normalized spacial score (nSPS) is 17.7. The first-order valence-electron chi connectivity index (χ1n) is 7.46. The molecule has 1 aliphatic heterocycles. The number of anilines is 1. The summed E-state index contributed by atoms with van der Waals surface area (Å²) in [6.07, 6.45) is 2.68. The SMILES string of the molecule is CCc1cc([C@H]2CCCN2C(=O)Nc2ccc(Cl)cc2)on1. The van der Waals surface area contributed by atoms with Crippen LogP contribution in [0.4, 0.5) is 10.5 Å². The zero-order valence-electron chi connectivity index (χ0n) is 12.4. The molecule has 1 aromatic heterocycles. The van der Waals surface area contributed by atoms with E-state index < -0.39 is 0 Å². The summed E-state index contributed by atoms with van der Waals surface area (Å²) in [5.74, 6) is 0.764. The van der Waals surface area contributed by atoms with Crippen molar-refractivity contribution in [3.63, 3.8) is 0 Å². The van der Waals surface area contributed by atoms with E-state index in [-0.39, 0.29) is 12.1 Å². The Kier molecular flexibility index (Phi) is 4.34. The fraction of sp³-hybridized carbons (Fsp3) is 0.375. The maximum absolute atomic E-state index is 12.5. The lowest BCUT2D eigenvalue weighted by atomic mass is 10.1. The van der Waals surface area contributed by atoms with Crippen LogP contribution in [0.1, 0.15) is 37.3 Å². The van der Waals surface area contributed by atoms with Crippen LogP contribution in [-0.4, -0.2) is 22.6 Å². The van der Waals surface area contributed by atoms with Crippen LogP contribution in [0.15, 0.2) is 34.9 Å².